The van der Waals surface area contributed by atoms with Crippen molar-refractivity contribution in [3.05, 3.63) is 53.6 Å². The summed E-state index contributed by atoms with van der Waals surface area (Å²) >= 11 is 1.26. The molecule has 2 heterocycles. The van der Waals surface area contributed by atoms with Crippen LogP contribution in [0.25, 0.3) is 10.6 Å². The molecule has 2 aromatic carbocycles. The fraction of sp³-hybridized carbons (Fsp3) is 0.385. The minimum atomic E-state index is -0.321. The number of fused-ring (bicyclic) bond motifs is 1. The lowest BCUT2D eigenvalue weighted by Gasteiger charge is -2.24. The average Bonchev–Trinajstić information content (AvgIpc) is 3.46. The second kappa shape index (κ2) is 10.0. The van der Waals surface area contributed by atoms with E-state index >= 15 is 0 Å². The zero-order valence-corrected chi connectivity index (χ0v) is 21.4. The maximum atomic E-state index is 13.2. The summed E-state index contributed by atoms with van der Waals surface area (Å²) in [6.45, 7) is 11.0. The van der Waals surface area contributed by atoms with Gasteiger partial charge in [-0.05, 0) is 47.2 Å². The third kappa shape index (κ3) is 5.97. The normalized spacial score (nSPS) is 12.6. The van der Waals surface area contributed by atoms with Crippen LogP contribution in [0.5, 0.6) is 11.5 Å². The van der Waals surface area contributed by atoms with Gasteiger partial charge in [-0.3, -0.25) is 14.9 Å². The van der Waals surface area contributed by atoms with Gasteiger partial charge < -0.3 is 14.4 Å². The molecule has 0 aliphatic carbocycles. The molecule has 0 saturated carbocycles. The third-order valence-electron chi connectivity index (χ3n) is 5.50. The zero-order valence-electron chi connectivity index (χ0n) is 20.6. The molecule has 0 radical (unpaired) electrons. The fourth-order valence-corrected chi connectivity index (χ4v) is 4.46. The summed E-state index contributed by atoms with van der Waals surface area (Å²) in [5.74, 6) is 1.06. The maximum absolute atomic E-state index is 13.2. The van der Waals surface area contributed by atoms with Crippen LogP contribution in [0, 0.1) is 5.92 Å². The number of carbonyl (C=O) groups is 2. The van der Waals surface area contributed by atoms with Gasteiger partial charge in [0.1, 0.15) is 11.6 Å². The molecule has 1 aliphatic rings. The molecule has 0 spiro atoms. The van der Waals surface area contributed by atoms with Crippen LogP contribution in [0.15, 0.2) is 42.5 Å². The van der Waals surface area contributed by atoms with Gasteiger partial charge >= 0.3 is 0 Å². The topological polar surface area (TPSA) is 93.7 Å². The number of ether oxygens (including phenoxy) is 2. The predicted octanol–water partition coefficient (Wildman–Crippen LogP) is 4.97. The molecule has 2 amide bonds. The van der Waals surface area contributed by atoms with E-state index in [1.807, 2.05) is 56.3 Å². The van der Waals surface area contributed by atoms with Crippen molar-refractivity contribution in [2.24, 2.45) is 5.92 Å². The number of hydrogen-bond donors (Lipinski definition) is 1. The SMILES string of the molecule is CC(C)CN(CC(=O)Nc1nnc(-c2ccc3c(c2)OCO3)s1)C(=O)c1ccc(C(C)(C)C)cc1. The number of carbonyl (C=O) groups excluding carboxylic acids is 2. The second-order valence-corrected chi connectivity index (χ2v) is 10.9. The third-order valence-corrected chi connectivity index (χ3v) is 6.38. The van der Waals surface area contributed by atoms with Crippen molar-refractivity contribution in [3.8, 4) is 22.1 Å². The highest BCUT2D eigenvalue weighted by molar-refractivity contribution is 7.18. The van der Waals surface area contributed by atoms with Crippen LogP contribution in [0.1, 0.15) is 50.5 Å². The van der Waals surface area contributed by atoms with E-state index in [0.717, 1.165) is 11.1 Å². The van der Waals surface area contributed by atoms with Crippen LogP contribution < -0.4 is 14.8 Å². The Morgan fingerprint density at radius 2 is 1.77 bits per heavy atom. The van der Waals surface area contributed by atoms with Gasteiger partial charge in [-0.15, -0.1) is 10.2 Å². The summed E-state index contributed by atoms with van der Waals surface area (Å²) in [5, 5.41) is 12.1. The molecule has 0 bridgehead atoms. The number of benzene rings is 2. The summed E-state index contributed by atoms with van der Waals surface area (Å²) in [7, 11) is 0. The Morgan fingerprint density at radius 1 is 1.06 bits per heavy atom. The summed E-state index contributed by atoms with van der Waals surface area (Å²) in [5.41, 5.74) is 2.53. The molecule has 0 fully saturated rings. The fourth-order valence-electron chi connectivity index (χ4n) is 3.71. The van der Waals surface area contributed by atoms with E-state index in [9.17, 15) is 9.59 Å². The molecular formula is C26H30N4O4S. The second-order valence-electron chi connectivity index (χ2n) is 9.94. The lowest BCUT2D eigenvalue weighted by Crippen LogP contribution is -2.40. The first-order valence-corrected chi connectivity index (χ1v) is 12.3. The minimum absolute atomic E-state index is 0.000277. The number of anilines is 1. The van der Waals surface area contributed by atoms with Crippen molar-refractivity contribution in [3.63, 3.8) is 0 Å². The lowest BCUT2D eigenvalue weighted by atomic mass is 9.86. The molecule has 0 saturated heterocycles. The van der Waals surface area contributed by atoms with E-state index < -0.39 is 0 Å². The quantitative estimate of drug-likeness (QED) is 0.499. The molecule has 0 atom stereocenters. The van der Waals surface area contributed by atoms with Crippen molar-refractivity contribution < 1.29 is 19.1 Å². The number of nitrogens with zero attached hydrogens (tertiary/aromatic N) is 3. The highest BCUT2D eigenvalue weighted by atomic mass is 32.1. The van der Waals surface area contributed by atoms with Gasteiger partial charge in [0.25, 0.3) is 5.91 Å². The van der Waals surface area contributed by atoms with Gasteiger partial charge in [-0.25, -0.2) is 0 Å². The van der Waals surface area contributed by atoms with E-state index in [2.05, 4.69) is 36.3 Å². The van der Waals surface area contributed by atoms with E-state index in [-0.39, 0.29) is 36.5 Å². The Balaban J connectivity index is 1.43. The highest BCUT2D eigenvalue weighted by Gasteiger charge is 2.22. The number of hydrogen-bond acceptors (Lipinski definition) is 7. The smallest absolute Gasteiger partial charge is 0.254 e. The van der Waals surface area contributed by atoms with Crippen LogP contribution in [-0.2, 0) is 10.2 Å². The first-order valence-electron chi connectivity index (χ1n) is 11.5. The minimum Gasteiger partial charge on any atom is -0.454 e. The number of rotatable bonds is 7. The van der Waals surface area contributed by atoms with Gasteiger partial charge in [0.15, 0.2) is 11.5 Å². The first kappa shape index (κ1) is 24.7. The van der Waals surface area contributed by atoms with Crippen LogP contribution in [-0.4, -0.2) is 46.8 Å². The number of aromatic nitrogens is 2. The van der Waals surface area contributed by atoms with Gasteiger partial charge in [0, 0.05) is 17.7 Å². The van der Waals surface area contributed by atoms with E-state index in [1.165, 1.54) is 11.3 Å². The van der Waals surface area contributed by atoms with Crippen molar-refractivity contribution in [1.82, 2.24) is 15.1 Å². The number of nitrogens with one attached hydrogen (secondary N) is 1. The predicted molar refractivity (Wildman–Crippen MR) is 136 cm³/mol. The van der Waals surface area contributed by atoms with Crippen LogP contribution in [0.2, 0.25) is 0 Å². The lowest BCUT2D eigenvalue weighted by molar-refractivity contribution is -0.117. The number of amides is 2. The molecule has 35 heavy (non-hydrogen) atoms. The molecule has 3 aromatic rings. The average molecular weight is 495 g/mol. The summed E-state index contributed by atoms with van der Waals surface area (Å²) in [4.78, 5) is 27.6. The van der Waals surface area contributed by atoms with Gasteiger partial charge in [-0.2, -0.15) is 0 Å². The Bertz CT molecular complexity index is 1210. The summed E-state index contributed by atoms with van der Waals surface area (Å²) < 4.78 is 10.8. The molecule has 1 aromatic heterocycles. The molecule has 8 nitrogen and oxygen atoms in total. The van der Waals surface area contributed by atoms with Crippen LogP contribution in [0.3, 0.4) is 0 Å². The van der Waals surface area contributed by atoms with E-state index in [1.54, 1.807) is 4.90 Å². The van der Waals surface area contributed by atoms with Crippen LogP contribution >= 0.6 is 11.3 Å². The summed E-state index contributed by atoms with van der Waals surface area (Å²) in [6.07, 6.45) is 0. The van der Waals surface area contributed by atoms with Crippen molar-refractivity contribution >= 4 is 28.3 Å². The Morgan fingerprint density at radius 3 is 2.46 bits per heavy atom. The summed E-state index contributed by atoms with van der Waals surface area (Å²) in [6, 6.07) is 13.1. The highest BCUT2D eigenvalue weighted by Crippen LogP contribution is 2.37. The molecule has 0 unspecified atom stereocenters. The molecular weight excluding hydrogens is 464 g/mol. The molecule has 1 N–H and O–H groups in total. The van der Waals surface area contributed by atoms with Crippen LogP contribution in [0.4, 0.5) is 5.13 Å². The van der Waals surface area contributed by atoms with Crippen molar-refractivity contribution in [2.45, 2.75) is 40.0 Å². The standard InChI is InChI=1S/C26H30N4O4S/c1-16(2)13-30(24(32)17-6-9-19(10-7-17)26(3,4)5)14-22(31)27-25-29-28-23(35-25)18-8-11-20-21(12-18)34-15-33-20/h6-12,16H,13-15H2,1-5H3,(H,27,29,31). The Kier molecular flexibility index (Phi) is 7.07. The van der Waals surface area contributed by atoms with E-state index in [0.29, 0.717) is 33.7 Å². The maximum Gasteiger partial charge on any atom is 0.254 e. The first-order chi connectivity index (χ1) is 16.6. The zero-order chi connectivity index (χ0) is 25.2. The van der Waals surface area contributed by atoms with Gasteiger partial charge in [-0.1, -0.05) is 58.1 Å². The van der Waals surface area contributed by atoms with Crippen molar-refractivity contribution in [2.75, 3.05) is 25.2 Å². The monoisotopic (exact) mass is 494 g/mol. The van der Waals surface area contributed by atoms with Gasteiger partial charge in [0.2, 0.25) is 17.8 Å². The molecule has 1 aliphatic heterocycles. The Hall–Kier alpha value is -3.46. The Labute approximate surface area is 209 Å². The van der Waals surface area contributed by atoms with E-state index in [4.69, 9.17) is 9.47 Å². The molecule has 184 valence electrons. The van der Waals surface area contributed by atoms with Gasteiger partial charge in [0.05, 0.1) is 0 Å². The molecule has 9 heteroatoms. The molecule has 4 rings (SSSR count). The largest absolute Gasteiger partial charge is 0.454 e. The van der Waals surface area contributed by atoms with Crippen molar-refractivity contribution in [1.29, 1.82) is 0 Å².